The van der Waals surface area contributed by atoms with Crippen LogP contribution in [0.4, 0.5) is 0 Å². The van der Waals surface area contributed by atoms with Crippen molar-refractivity contribution in [3.63, 3.8) is 0 Å². The van der Waals surface area contributed by atoms with Crippen LogP contribution in [0.1, 0.15) is 28.9 Å². The Hall–Kier alpha value is -4.29. The minimum atomic E-state index is -0.0892. The summed E-state index contributed by atoms with van der Waals surface area (Å²) in [5.41, 5.74) is 3.40. The number of para-hydroxylation sites is 1. The molecule has 9 heteroatoms. The summed E-state index contributed by atoms with van der Waals surface area (Å²) < 4.78 is 12.7. The molecule has 4 aromatic rings. The molecule has 0 atom stereocenters. The summed E-state index contributed by atoms with van der Waals surface area (Å²) in [7, 11) is 3.23. The molecule has 0 spiro atoms. The standard InChI is InChI=1S/C28H27N5O3S/c1-35-24-11-6-10-23(16-24)33-26(13-14-27(34)30-18-22-9-3-4-12-25(22)36-2)31-32-28(33)37-19-21-8-5-7-20(15-21)17-29/h3-12,15-16H,13-14,18-19H2,1-2H3,(H,30,34). The molecule has 1 N–H and O–H groups in total. The van der Waals surface area contributed by atoms with Crippen LogP contribution in [0, 0.1) is 11.3 Å². The lowest BCUT2D eigenvalue weighted by Crippen LogP contribution is -2.23. The number of hydrogen-bond acceptors (Lipinski definition) is 7. The Labute approximate surface area is 220 Å². The monoisotopic (exact) mass is 513 g/mol. The summed E-state index contributed by atoms with van der Waals surface area (Å²) in [5.74, 6) is 2.66. The van der Waals surface area contributed by atoms with Crippen molar-refractivity contribution in [2.24, 2.45) is 0 Å². The van der Waals surface area contributed by atoms with E-state index in [0.717, 1.165) is 22.6 Å². The number of benzene rings is 3. The summed E-state index contributed by atoms with van der Waals surface area (Å²) in [4.78, 5) is 12.7. The van der Waals surface area contributed by atoms with Gasteiger partial charge in [0.15, 0.2) is 5.16 Å². The highest BCUT2D eigenvalue weighted by Gasteiger charge is 2.17. The van der Waals surface area contributed by atoms with Gasteiger partial charge in [-0.2, -0.15) is 5.26 Å². The predicted molar refractivity (Wildman–Crippen MR) is 142 cm³/mol. The maximum atomic E-state index is 12.7. The van der Waals surface area contributed by atoms with Crippen molar-refractivity contribution in [2.45, 2.75) is 30.3 Å². The molecule has 0 saturated heterocycles. The van der Waals surface area contributed by atoms with Gasteiger partial charge in [-0.25, -0.2) is 0 Å². The number of rotatable bonds is 11. The molecule has 0 aliphatic rings. The molecule has 0 fully saturated rings. The third-order valence-electron chi connectivity index (χ3n) is 5.68. The van der Waals surface area contributed by atoms with Gasteiger partial charge in [0, 0.05) is 36.8 Å². The van der Waals surface area contributed by atoms with Gasteiger partial charge in [0.2, 0.25) is 5.91 Å². The summed E-state index contributed by atoms with van der Waals surface area (Å²) in [6.07, 6.45) is 0.665. The predicted octanol–water partition coefficient (Wildman–Crippen LogP) is 4.70. The largest absolute Gasteiger partial charge is 0.497 e. The van der Waals surface area contributed by atoms with Gasteiger partial charge in [0.05, 0.1) is 31.5 Å². The second-order valence-corrected chi connectivity index (χ2v) is 9.07. The molecule has 188 valence electrons. The van der Waals surface area contributed by atoms with E-state index in [0.29, 0.717) is 41.0 Å². The topological polar surface area (TPSA) is 102 Å². The van der Waals surface area contributed by atoms with Gasteiger partial charge in [-0.15, -0.1) is 10.2 Å². The maximum Gasteiger partial charge on any atom is 0.220 e. The van der Waals surface area contributed by atoms with E-state index in [-0.39, 0.29) is 12.3 Å². The Morgan fingerprint density at radius 3 is 2.68 bits per heavy atom. The first kappa shape index (κ1) is 25.8. The average Bonchev–Trinajstić information content (AvgIpc) is 3.36. The summed E-state index contributed by atoms with van der Waals surface area (Å²) in [6.45, 7) is 0.383. The number of thioether (sulfide) groups is 1. The van der Waals surface area contributed by atoms with Crippen LogP contribution in [-0.4, -0.2) is 34.9 Å². The molecule has 3 aromatic carbocycles. The van der Waals surface area contributed by atoms with E-state index < -0.39 is 0 Å². The summed E-state index contributed by atoms with van der Waals surface area (Å²) in [5, 5.41) is 21.7. The first-order valence-electron chi connectivity index (χ1n) is 11.7. The molecule has 4 rings (SSSR count). The number of nitrogens with one attached hydrogen (secondary N) is 1. The molecule has 0 aliphatic carbocycles. The highest BCUT2D eigenvalue weighted by molar-refractivity contribution is 7.98. The zero-order valence-corrected chi connectivity index (χ0v) is 21.5. The molecule has 0 saturated carbocycles. The van der Waals surface area contributed by atoms with Crippen LogP contribution in [-0.2, 0) is 23.5 Å². The SMILES string of the molecule is COc1cccc(-n2c(CCC(=O)NCc3ccccc3OC)nnc2SCc2cccc(C#N)c2)c1. The first-order chi connectivity index (χ1) is 18.1. The molecule has 37 heavy (non-hydrogen) atoms. The van der Waals surface area contributed by atoms with Crippen LogP contribution in [0.15, 0.2) is 78.0 Å². The molecule has 1 heterocycles. The van der Waals surface area contributed by atoms with Crippen LogP contribution < -0.4 is 14.8 Å². The van der Waals surface area contributed by atoms with Gasteiger partial charge in [-0.3, -0.25) is 9.36 Å². The van der Waals surface area contributed by atoms with E-state index in [4.69, 9.17) is 9.47 Å². The van der Waals surface area contributed by atoms with Crippen molar-refractivity contribution in [1.82, 2.24) is 20.1 Å². The third kappa shape index (κ3) is 6.68. The number of hydrogen-bond donors (Lipinski definition) is 1. The highest BCUT2D eigenvalue weighted by atomic mass is 32.2. The fourth-order valence-electron chi connectivity index (χ4n) is 3.80. The average molecular weight is 514 g/mol. The molecule has 8 nitrogen and oxygen atoms in total. The number of nitriles is 1. The Balaban J connectivity index is 1.49. The van der Waals surface area contributed by atoms with E-state index in [1.165, 1.54) is 11.8 Å². The fourth-order valence-corrected chi connectivity index (χ4v) is 4.71. The molecular weight excluding hydrogens is 486 g/mol. The highest BCUT2D eigenvalue weighted by Crippen LogP contribution is 2.28. The Kier molecular flexibility index (Phi) is 8.79. The number of carbonyl (C=O) groups excluding carboxylic acids is 1. The maximum absolute atomic E-state index is 12.7. The number of amides is 1. The molecule has 1 amide bonds. The normalized spacial score (nSPS) is 10.5. The Morgan fingerprint density at radius 1 is 1.03 bits per heavy atom. The third-order valence-corrected chi connectivity index (χ3v) is 6.68. The van der Waals surface area contributed by atoms with E-state index >= 15 is 0 Å². The number of aryl methyl sites for hydroxylation is 1. The fraction of sp³-hybridized carbons (Fsp3) is 0.214. The quantitative estimate of drug-likeness (QED) is 0.290. The van der Waals surface area contributed by atoms with Crippen LogP contribution >= 0.6 is 11.8 Å². The van der Waals surface area contributed by atoms with Crippen LogP contribution in [0.25, 0.3) is 5.69 Å². The molecule has 0 aliphatic heterocycles. The lowest BCUT2D eigenvalue weighted by atomic mass is 10.2. The van der Waals surface area contributed by atoms with Crippen molar-refractivity contribution in [2.75, 3.05) is 14.2 Å². The second kappa shape index (κ2) is 12.6. The van der Waals surface area contributed by atoms with Crippen LogP contribution in [0.5, 0.6) is 11.5 Å². The van der Waals surface area contributed by atoms with Gasteiger partial charge in [0.1, 0.15) is 17.3 Å². The van der Waals surface area contributed by atoms with Gasteiger partial charge >= 0.3 is 0 Å². The van der Waals surface area contributed by atoms with E-state index in [2.05, 4.69) is 21.6 Å². The molecule has 0 unspecified atom stereocenters. The van der Waals surface area contributed by atoms with Crippen LogP contribution in [0.2, 0.25) is 0 Å². The molecule has 0 radical (unpaired) electrons. The number of methoxy groups -OCH3 is 2. The molecular formula is C28H27N5O3S. The molecule has 0 bridgehead atoms. The van der Waals surface area contributed by atoms with Gasteiger partial charge in [-0.05, 0) is 35.9 Å². The van der Waals surface area contributed by atoms with Crippen molar-refractivity contribution in [3.05, 3.63) is 95.3 Å². The number of ether oxygens (including phenoxy) is 2. The van der Waals surface area contributed by atoms with Crippen molar-refractivity contribution in [1.29, 1.82) is 5.26 Å². The zero-order valence-electron chi connectivity index (χ0n) is 20.7. The van der Waals surface area contributed by atoms with Crippen molar-refractivity contribution >= 4 is 17.7 Å². The van der Waals surface area contributed by atoms with Gasteiger partial charge in [0.25, 0.3) is 0 Å². The second-order valence-electron chi connectivity index (χ2n) is 8.13. The van der Waals surface area contributed by atoms with Gasteiger partial charge < -0.3 is 14.8 Å². The lowest BCUT2D eigenvalue weighted by Gasteiger charge is -2.12. The van der Waals surface area contributed by atoms with E-state index in [1.807, 2.05) is 71.3 Å². The molecule has 1 aromatic heterocycles. The van der Waals surface area contributed by atoms with Crippen molar-refractivity contribution < 1.29 is 14.3 Å². The minimum absolute atomic E-state index is 0.0892. The van der Waals surface area contributed by atoms with Crippen molar-refractivity contribution in [3.8, 4) is 23.3 Å². The summed E-state index contributed by atoms with van der Waals surface area (Å²) in [6, 6.07) is 24.9. The number of carbonyl (C=O) groups is 1. The van der Waals surface area contributed by atoms with Crippen LogP contribution in [0.3, 0.4) is 0 Å². The number of aromatic nitrogens is 3. The van der Waals surface area contributed by atoms with E-state index in [1.54, 1.807) is 20.3 Å². The first-order valence-corrected chi connectivity index (χ1v) is 12.7. The van der Waals surface area contributed by atoms with E-state index in [9.17, 15) is 10.1 Å². The summed E-state index contributed by atoms with van der Waals surface area (Å²) >= 11 is 1.52. The Morgan fingerprint density at radius 2 is 1.86 bits per heavy atom. The minimum Gasteiger partial charge on any atom is -0.497 e. The number of nitrogens with zero attached hydrogens (tertiary/aromatic N) is 4. The lowest BCUT2D eigenvalue weighted by molar-refractivity contribution is -0.121. The Bertz CT molecular complexity index is 1410. The zero-order chi connectivity index (χ0) is 26.0. The smallest absolute Gasteiger partial charge is 0.220 e. The van der Waals surface area contributed by atoms with Gasteiger partial charge in [-0.1, -0.05) is 48.2 Å².